The van der Waals surface area contributed by atoms with Crippen molar-refractivity contribution in [3.63, 3.8) is 0 Å². The number of phenols is 1. The number of aromatic hydroxyl groups is 1. The highest BCUT2D eigenvalue weighted by Gasteiger charge is 2.41. The van der Waals surface area contributed by atoms with E-state index in [4.69, 9.17) is 14.2 Å². The minimum atomic E-state index is -0.279. The Bertz CT molecular complexity index is 1870. The van der Waals surface area contributed by atoms with Crippen LogP contribution in [0.1, 0.15) is 88.2 Å². The minimum absolute atomic E-state index is 0.00311. The average molecular weight is 816 g/mol. The number of morpholine rings is 1. The number of aryl methyl sites for hydroxylation is 2. The highest BCUT2D eigenvalue weighted by Crippen LogP contribution is 2.39. The number of piperidine rings is 1. The third-order valence-electron chi connectivity index (χ3n) is 12.3. The molecule has 3 N–H and O–H groups in total. The van der Waals surface area contributed by atoms with Gasteiger partial charge in [0.25, 0.3) is 11.8 Å². The van der Waals surface area contributed by atoms with Crippen molar-refractivity contribution < 1.29 is 33.7 Å². The Morgan fingerprint density at radius 2 is 1.83 bits per heavy atom. The van der Waals surface area contributed by atoms with Crippen molar-refractivity contribution >= 4 is 34.7 Å². The molecule has 3 fully saturated rings. The van der Waals surface area contributed by atoms with E-state index >= 15 is 0 Å². The number of carbonyl (C=O) groups is 3. The van der Waals surface area contributed by atoms with E-state index in [-0.39, 0.29) is 41.7 Å². The van der Waals surface area contributed by atoms with Crippen molar-refractivity contribution in [1.82, 2.24) is 20.0 Å². The molecule has 2 aromatic carbocycles. The Hall–Kier alpha value is -4.01. The van der Waals surface area contributed by atoms with Crippen LogP contribution >= 0.6 is 11.3 Å². The van der Waals surface area contributed by atoms with Crippen molar-refractivity contribution in [3.05, 3.63) is 74.5 Å². The van der Waals surface area contributed by atoms with Gasteiger partial charge in [-0.15, -0.1) is 11.3 Å². The fraction of sp³-hybridized carbons (Fsp3) is 0.578. The summed E-state index contributed by atoms with van der Waals surface area (Å²) in [6.07, 6.45) is 9.31. The van der Waals surface area contributed by atoms with Gasteiger partial charge in [0.15, 0.2) is 12.4 Å². The topological polar surface area (TPSA) is 133 Å². The molecule has 4 aliphatic rings. The van der Waals surface area contributed by atoms with Crippen LogP contribution in [0.2, 0.25) is 0 Å². The lowest BCUT2D eigenvalue weighted by Gasteiger charge is -2.47. The van der Waals surface area contributed by atoms with Gasteiger partial charge < -0.3 is 39.8 Å². The molecule has 314 valence electrons. The van der Waals surface area contributed by atoms with Gasteiger partial charge in [0.1, 0.15) is 11.4 Å². The highest BCUT2D eigenvalue weighted by atomic mass is 32.1. The normalized spacial score (nSPS) is 18.4. The number of anilines is 1. The number of carbonyl (C=O) groups excluding carboxylic acids is 3. The van der Waals surface area contributed by atoms with Gasteiger partial charge in [0.2, 0.25) is 5.91 Å². The van der Waals surface area contributed by atoms with Gasteiger partial charge in [0.05, 0.1) is 43.3 Å². The maximum absolute atomic E-state index is 13.5. The van der Waals surface area contributed by atoms with Gasteiger partial charge in [0, 0.05) is 50.2 Å². The quantitative estimate of drug-likeness (QED) is 0.120. The number of thiophene rings is 1. The molecule has 58 heavy (non-hydrogen) atoms. The number of benzene rings is 2. The second-order valence-corrected chi connectivity index (χ2v) is 17.7. The molecule has 7 rings (SSSR count). The Balaban J connectivity index is 0.812. The lowest BCUT2D eigenvalue weighted by Crippen LogP contribution is -2.57. The van der Waals surface area contributed by atoms with E-state index < -0.39 is 0 Å². The Kier molecular flexibility index (Phi) is 14.4. The molecule has 3 amide bonds. The molecule has 1 aliphatic carbocycles. The molecular weight excluding hydrogens is 755 g/mol. The first-order valence-corrected chi connectivity index (χ1v) is 22.1. The van der Waals surface area contributed by atoms with E-state index in [2.05, 4.69) is 58.5 Å². The number of nitrogens with one attached hydrogen (secondary N) is 2. The zero-order chi connectivity index (χ0) is 40.5. The van der Waals surface area contributed by atoms with Gasteiger partial charge in [-0.05, 0) is 93.3 Å². The molecule has 2 saturated heterocycles. The Morgan fingerprint density at radius 1 is 1.02 bits per heavy atom. The summed E-state index contributed by atoms with van der Waals surface area (Å²) in [6.45, 7) is 11.7. The first-order valence-electron chi connectivity index (χ1n) is 21.3. The van der Waals surface area contributed by atoms with Gasteiger partial charge in [-0.25, -0.2) is 0 Å². The van der Waals surface area contributed by atoms with Gasteiger partial charge in [-0.1, -0.05) is 49.6 Å². The number of hydrogen-bond donors (Lipinski definition) is 3. The van der Waals surface area contributed by atoms with Crippen LogP contribution in [0.25, 0.3) is 0 Å². The monoisotopic (exact) mass is 815 g/mol. The molecule has 3 aliphatic heterocycles. The summed E-state index contributed by atoms with van der Waals surface area (Å²) in [7, 11) is 0. The number of amides is 3. The molecule has 12 nitrogen and oxygen atoms in total. The zero-order valence-corrected chi connectivity index (χ0v) is 35.1. The van der Waals surface area contributed by atoms with Crippen molar-refractivity contribution in [2.75, 3.05) is 77.6 Å². The number of rotatable bonds is 16. The van der Waals surface area contributed by atoms with Crippen LogP contribution in [0, 0.1) is 13.8 Å². The minimum Gasteiger partial charge on any atom is -0.506 e. The molecule has 13 heteroatoms. The van der Waals surface area contributed by atoms with Gasteiger partial charge >= 0.3 is 0 Å². The summed E-state index contributed by atoms with van der Waals surface area (Å²) in [5, 5.41) is 16.3. The van der Waals surface area contributed by atoms with Gasteiger partial charge in [-0.2, -0.15) is 0 Å². The average Bonchev–Trinajstić information content (AvgIpc) is 3.58. The van der Waals surface area contributed by atoms with E-state index in [9.17, 15) is 19.5 Å². The van der Waals surface area contributed by atoms with E-state index in [0.29, 0.717) is 76.8 Å². The maximum Gasteiger partial charge on any atom is 0.264 e. The molecule has 1 saturated carbocycles. The first kappa shape index (κ1) is 42.1. The molecule has 1 aromatic heterocycles. The van der Waals surface area contributed by atoms with E-state index in [1.165, 1.54) is 28.0 Å². The number of fused-ring (bicyclic) bond motifs is 1. The number of hydrogen-bond acceptors (Lipinski definition) is 10. The molecule has 0 radical (unpaired) electrons. The van der Waals surface area contributed by atoms with E-state index in [1.807, 2.05) is 17.0 Å². The number of nitrogens with zero attached hydrogens (tertiary/aromatic N) is 3. The van der Waals surface area contributed by atoms with Crippen LogP contribution in [0.4, 0.5) is 5.69 Å². The van der Waals surface area contributed by atoms with Crippen LogP contribution < -0.4 is 15.4 Å². The summed E-state index contributed by atoms with van der Waals surface area (Å²) >= 11 is 1.59. The Labute approximate surface area is 347 Å². The summed E-state index contributed by atoms with van der Waals surface area (Å²) in [5.74, 6) is 0.535. The molecule has 3 aromatic rings. The molecular formula is C45H61N5O7S. The number of phenolic OH excluding ortho intramolecular Hbond substituents is 1. The first-order chi connectivity index (χ1) is 28.2. The SMILES string of the molecule is Cc1cc(C(=O)N2CCOC3(CCN(Cc4cccc(CCOCCC(=O)N(CCNCCc5ccc(O)c6c5OCC(=O)N6)C5CCCCC5)c4)CC3)C2)sc1C. The van der Waals surface area contributed by atoms with Crippen LogP contribution in [-0.2, 0) is 38.4 Å². The second kappa shape index (κ2) is 19.8. The molecule has 0 bridgehead atoms. The summed E-state index contributed by atoms with van der Waals surface area (Å²) in [6, 6.07) is 14.5. The fourth-order valence-electron chi connectivity index (χ4n) is 8.87. The Morgan fingerprint density at radius 3 is 2.62 bits per heavy atom. The smallest absolute Gasteiger partial charge is 0.264 e. The molecule has 1 spiro atoms. The zero-order valence-electron chi connectivity index (χ0n) is 34.3. The third-order valence-corrected chi connectivity index (χ3v) is 13.5. The largest absolute Gasteiger partial charge is 0.506 e. The van der Waals surface area contributed by atoms with Crippen molar-refractivity contribution in [3.8, 4) is 11.5 Å². The van der Waals surface area contributed by atoms with Gasteiger partial charge in [-0.3, -0.25) is 19.3 Å². The second-order valence-electron chi connectivity index (χ2n) is 16.5. The van der Waals surface area contributed by atoms with E-state index in [0.717, 1.165) is 75.0 Å². The van der Waals surface area contributed by atoms with E-state index in [1.54, 1.807) is 17.4 Å². The lowest BCUT2D eigenvalue weighted by molar-refractivity contribution is -0.135. The molecule has 0 unspecified atom stereocenters. The standard InChI is InChI=1S/C45H61N5O7S/c1-32-27-39(58-33(32)2)44(54)49-23-26-57-45(31-49)16-20-48(21-17-45)29-35-8-6-7-34(28-35)14-24-55-25-15-41(53)50(37-9-4-3-5-10-37)22-19-46-18-13-36-11-12-38(51)42-43(36)56-30-40(52)47-42/h6-8,11-12,27-28,37,46,51H,3-5,9-10,13-26,29-31H2,1-2H3,(H,47,52). The summed E-state index contributed by atoms with van der Waals surface area (Å²) < 4.78 is 18.0. The van der Waals surface area contributed by atoms with Crippen LogP contribution in [0.15, 0.2) is 42.5 Å². The van der Waals surface area contributed by atoms with Crippen LogP contribution in [-0.4, -0.2) is 121 Å². The predicted molar refractivity (Wildman–Crippen MR) is 226 cm³/mol. The number of ether oxygens (including phenoxy) is 3. The molecule has 0 atom stereocenters. The van der Waals surface area contributed by atoms with Crippen LogP contribution in [0.3, 0.4) is 0 Å². The van der Waals surface area contributed by atoms with Crippen LogP contribution in [0.5, 0.6) is 11.5 Å². The highest BCUT2D eigenvalue weighted by molar-refractivity contribution is 7.14. The lowest BCUT2D eigenvalue weighted by atomic mass is 9.89. The van der Waals surface area contributed by atoms with Crippen molar-refractivity contribution in [2.45, 2.75) is 96.2 Å². The summed E-state index contributed by atoms with van der Waals surface area (Å²) in [4.78, 5) is 47.2. The third kappa shape index (κ3) is 10.8. The predicted octanol–water partition coefficient (Wildman–Crippen LogP) is 5.85. The van der Waals surface area contributed by atoms with Crippen molar-refractivity contribution in [2.24, 2.45) is 0 Å². The maximum atomic E-state index is 13.5. The number of likely N-dealkylation sites (tertiary alicyclic amines) is 1. The van der Waals surface area contributed by atoms with Crippen molar-refractivity contribution in [1.29, 1.82) is 0 Å². The molecule has 4 heterocycles. The fourth-order valence-corrected chi connectivity index (χ4v) is 9.87. The summed E-state index contributed by atoms with van der Waals surface area (Å²) in [5.41, 5.74) is 4.69.